The second-order valence-corrected chi connectivity index (χ2v) is 4.13. The molecule has 2 aromatic heterocycles. The average Bonchev–Trinajstić information content (AvgIpc) is 2.88. The standard InChI is InChI=1S/C10H12N5O3/c1-4-6(16)7(17)10(18-4)15-3-14-5-8(11)12-2-13-9(5)15/h2-4,6-7,10,16-17H,1H2,(H2,11,12,13)/t4-,6+,7+,10+/m1/s1. The minimum absolute atomic E-state index is 0.248. The number of aliphatic hydroxyl groups is 2. The zero-order valence-electron chi connectivity index (χ0n) is 9.34. The summed E-state index contributed by atoms with van der Waals surface area (Å²) in [5, 5.41) is 19.5. The van der Waals surface area contributed by atoms with Crippen LogP contribution in [-0.4, -0.2) is 48.0 Å². The molecule has 1 saturated heterocycles. The Kier molecular flexibility index (Phi) is 2.44. The molecule has 3 rings (SSSR count). The molecule has 4 N–H and O–H groups in total. The maximum Gasteiger partial charge on any atom is 0.167 e. The third-order valence-corrected chi connectivity index (χ3v) is 3.00. The summed E-state index contributed by atoms with van der Waals surface area (Å²) >= 11 is 0. The van der Waals surface area contributed by atoms with E-state index in [1.165, 1.54) is 17.2 Å². The summed E-state index contributed by atoms with van der Waals surface area (Å²) < 4.78 is 6.90. The molecule has 2 aromatic rings. The van der Waals surface area contributed by atoms with E-state index in [9.17, 15) is 10.2 Å². The molecule has 1 fully saturated rings. The van der Waals surface area contributed by atoms with Gasteiger partial charge in [-0.3, -0.25) is 4.57 Å². The van der Waals surface area contributed by atoms with Crippen molar-refractivity contribution >= 4 is 17.0 Å². The summed E-state index contributed by atoms with van der Waals surface area (Å²) in [4.78, 5) is 11.9. The molecule has 4 atom stereocenters. The van der Waals surface area contributed by atoms with Crippen LogP contribution < -0.4 is 5.73 Å². The molecule has 0 bridgehead atoms. The Bertz CT molecular complexity index is 586. The number of fused-ring (bicyclic) bond motifs is 1. The van der Waals surface area contributed by atoms with E-state index >= 15 is 0 Å². The van der Waals surface area contributed by atoms with Crippen LogP contribution in [0.4, 0.5) is 5.82 Å². The first-order valence-corrected chi connectivity index (χ1v) is 5.37. The Morgan fingerprint density at radius 3 is 2.72 bits per heavy atom. The quantitative estimate of drug-likeness (QED) is 0.585. The molecule has 0 spiro atoms. The van der Waals surface area contributed by atoms with Gasteiger partial charge in [0.2, 0.25) is 0 Å². The maximum atomic E-state index is 9.89. The van der Waals surface area contributed by atoms with Crippen molar-refractivity contribution in [2.45, 2.75) is 24.5 Å². The zero-order chi connectivity index (χ0) is 12.9. The Labute approximate surface area is 102 Å². The molecule has 8 heteroatoms. The molecular formula is C10H12N5O3. The summed E-state index contributed by atoms with van der Waals surface area (Å²) in [6.45, 7) is 3.60. The van der Waals surface area contributed by atoms with Crippen molar-refractivity contribution < 1.29 is 14.9 Å². The molecule has 1 aliphatic rings. The lowest BCUT2D eigenvalue weighted by Gasteiger charge is -2.16. The number of aliphatic hydroxyl groups excluding tert-OH is 2. The van der Waals surface area contributed by atoms with Crippen molar-refractivity contribution in [1.29, 1.82) is 0 Å². The normalized spacial score (nSPS) is 32.2. The lowest BCUT2D eigenvalue weighted by atomic mass is 10.1. The van der Waals surface area contributed by atoms with Gasteiger partial charge in [-0.15, -0.1) is 0 Å². The second-order valence-electron chi connectivity index (χ2n) is 4.13. The smallest absolute Gasteiger partial charge is 0.167 e. The van der Waals surface area contributed by atoms with Crippen LogP contribution in [0.15, 0.2) is 12.7 Å². The topological polar surface area (TPSA) is 119 Å². The molecule has 0 aromatic carbocycles. The molecule has 0 saturated carbocycles. The number of nitrogens with zero attached hydrogens (tertiary/aromatic N) is 4. The van der Waals surface area contributed by atoms with Gasteiger partial charge >= 0.3 is 0 Å². The molecule has 0 aliphatic carbocycles. The third kappa shape index (κ3) is 1.47. The predicted molar refractivity (Wildman–Crippen MR) is 61.0 cm³/mol. The Balaban J connectivity index is 2.08. The van der Waals surface area contributed by atoms with Crippen LogP contribution in [0, 0.1) is 6.92 Å². The van der Waals surface area contributed by atoms with Gasteiger partial charge in [-0.05, 0) is 6.92 Å². The van der Waals surface area contributed by atoms with Crippen molar-refractivity contribution in [3.63, 3.8) is 0 Å². The van der Waals surface area contributed by atoms with Crippen LogP contribution >= 0.6 is 0 Å². The molecule has 0 amide bonds. The van der Waals surface area contributed by atoms with Gasteiger partial charge in [0.1, 0.15) is 24.1 Å². The number of nitrogen functional groups attached to an aromatic ring is 1. The maximum absolute atomic E-state index is 9.89. The molecular weight excluding hydrogens is 238 g/mol. The van der Waals surface area contributed by atoms with Crippen molar-refractivity contribution in [2.24, 2.45) is 0 Å². The first-order chi connectivity index (χ1) is 8.59. The van der Waals surface area contributed by atoms with Gasteiger partial charge in [0.25, 0.3) is 0 Å². The van der Waals surface area contributed by atoms with Crippen LogP contribution in [0.3, 0.4) is 0 Å². The minimum atomic E-state index is -1.10. The van der Waals surface area contributed by atoms with Gasteiger partial charge in [-0.2, -0.15) is 0 Å². The summed E-state index contributed by atoms with van der Waals surface area (Å²) in [6.07, 6.45) is -0.903. The van der Waals surface area contributed by atoms with Crippen molar-refractivity contribution in [2.75, 3.05) is 5.73 Å². The lowest BCUT2D eigenvalue weighted by molar-refractivity contribution is -0.0249. The van der Waals surface area contributed by atoms with Crippen LogP contribution in [0.5, 0.6) is 0 Å². The monoisotopic (exact) mass is 250 g/mol. The van der Waals surface area contributed by atoms with E-state index in [1.54, 1.807) is 0 Å². The highest BCUT2D eigenvalue weighted by molar-refractivity contribution is 5.81. The molecule has 18 heavy (non-hydrogen) atoms. The zero-order valence-corrected chi connectivity index (χ0v) is 9.34. The molecule has 1 radical (unpaired) electrons. The van der Waals surface area contributed by atoms with E-state index in [-0.39, 0.29) is 5.82 Å². The largest absolute Gasteiger partial charge is 0.388 e. The second kappa shape index (κ2) is 3.87. The van der Waals surface area contributed by atoms with E-state index in [2.05, 4.69) is 21.9 Å². The number of hydrogen-bond donors (Lipinski definition) is 3. The first kappa shape index (κ1) is 11.3. The van der Waals surface area contributed by atoms with Crippen molar-refractivity contribution in [1.82, 2.24) is 19.5 Å². The van der Waals surface area contributed by atoms with Gasteiger partial charge in [0, 0.05) is 0 Å². The van der Waals surface area contributed by atoms with Crippen LogP contribution in [0.25, 0.3) is 11.2 Å². The number of imidazole rings is 1. The number of hydrogen-bond acceptors (Lipinski definition) is 7. The Morgan fingerprint density at radius 1 is 1.28 bits per heavy atom. The minimum Gasteiger partial charge on any atom is -0.388 e. The fourth-order valence-corrected chi connectivity index (χ4v) is 2.02. The number of ether oxygens (including phenoxy) is 1. The SMILES string of the molecule is [CH2][C@H]1O[C@H](n2cnc3c(N)ncnc32)[C@@H](O)[C@H]1O. The Hall–Kier alpha value is -1.77. The predicted octanol–water partition coefficient (Wildman–Crippen LogP) is -1.14. The van der Waals surface area contributed by atoms with Crippen LogP contribution in [-0.2, 0) is 4.74 Å². The van der Waals surface area contributed by atoms with Crippen molar-refractivity contribution in [3.8, 4) is 0 Å². The van der Waals surface area contributed by atoms with E-state index in [4.69, 9.17) is 10.5 Å². The van der Waals surface area contributed by atoms with Crippen LogP contribution in [0.1, 0.15) is 6.23 Å². The fraction of sp³-hybridized carbons (Fsp3) is 0.400. The fourth-order valence-electron chi connectivity index (χ4n) is 2.02. The summed E-state index contributed by atoms with van der Waals surface area (Å²) in [5.41, 5.74) is 6.53. The summed E-state index contributed by atoms with van der Waals surface area (Å²) in [7, 11) is 0. The number of nitrogens with two attached hydrogens (primary N) is 1. The molecule has 1 aliphatic heterocycles. The van der Waals surface area contributed by atoms with Gasteiger partial charge in [0.05, 0.1) is 12.4 Å². The van der Waals surface area contributed by atoms with Gasteiger partial charge in [-0.1, -0.05) is 0 Å². The molecule has 0 unspecified atom stereocenters. The number of aromatic nitrogens is 4. The molecule has 95 valence electrons. The highest BCUT2D eigenvalue weighted by Crippen LogP contribution is 2.31. The van der Waals surface area contributed by atoms with Gasteiger partial charge < -0.3 is 20.7 Å². The highest BCUT2D eigenvalue weighted by Gasteiger charge is 2.42. The third-order valence-electron chi connectivity index (χ3n) is 3.00. The number of anilines is 1. The van der Waals surface area contributed by atoms with Gasteiger partial charge in [-0.25, -0.2) is 15.0 Å². The van der Waals surface area contributed by atoms with E-state index in [0.29, 0.717) is 11.2 Å². The molecule has 8 nitrogen and oxygen atoms in total. The van der Waals surface area contributed by atoms with Gasteiger partial charge in [0.15, 0.2) is 17.7 Å². The van der Waals surface area contributed by atoms with E-state index in [0.717, 1.165) is 0 Å². The summed E-state index contributed by atoms with van der Waals surface area (Å²) in [6, 6.07) is 0. The highest BCUT2D eigenvalue weighted by atomic mass is 16.6. The van der Waals surface area contributed by atoms with E-state index in [1.807, 2.05) is 0 Å². The van der Waals surface area contributed by atoms with Crippen molar-refractivity contribution in [3.05, 3.63) is 19.6 Å². The molecule has 3 heterocycles. The average molecular weight is 250 g/mol. The lowest BCUT2D eigenvalue weighted by Crippen LogP contribution is -2.30. The Morgan fingerprint density at radius 2 is 2.06 bits per heavy atom. The first-order valence-electron chi connectivity index (χ1n) is 5.37. The van der Waals surface area contributed by atoms with E-state index < -0.39 is 24.5 Å². The number of rotatable bonds is 1. The summed E-state index contributed by atoms with van der Waals surface area (Å²) in [5.74, 6) is 0.248. The van der Waals surface area contributed by atoms with Crippen LogP contribution in [0.2, 0.25) is 0 Å².